The molecule has 0 spiro atoms. The van der Waals surface area contributed by atoms with Gasteiger partial charge in [-0.25, -0.2) is 0 Å². The molecule has 0 amide bonds. The molecule has 102 valence electrons. The van der Waals surface area contributed by atoms with Crippen LogP contribution in [0.2, 0.25) is 0 Å². The summed E-state index contributed by atoms with van der Waals surface area (Å²) in [4.78, 5) is 27.6. The minimum Gasteiger partial charge on any atom is -0.480 e. The van der Waals surface area contributed by atoms with Gasteiger partial charge >= 0.3 is 11.8 Å². The second kappa shape index (κ2) is 4.84. The number of hydrogen-bond donors (Lipinski definition) is 1. The average molecular weight is 284 g/mol. The van der Waals surface area contributed by atoms with Crippen molar-refractivity contribution in [3.05, 3.63) is 21.7 Å². The number of nitrogens with zero attached hydrogens (tertiary/aromatic N) is 4. The van der Waals surface area contributed by atoms with Crippen molar-refractivity contribution in [1.29, 1.82) is 0 Å². The van der Waals surface area contributed by atoms with Crippen LogP contribution in [0.25, 0.3) is 4.96 Å². The van der Waals surface area contributed by atoms with Gasteiger partial charge in [-0.2, -0.15) is 9.38 Å². The van der Waals surface area contributed by atoms with E-state index < -0.39 is 10.9 Å². The van der Waals surface area contributed by atoms with E-state index in [4.69, 9.17) is 5.11 Å². The quantitative estimate of drug-likeness (QED) is 0.661. The Hall–Kier alpha value is -2.16. The first kappa shape index (κ1) is 13.3. The zero-order valence-electron chi connectivity index (χ0n) is 10.3. The highest BCUT2D eigenvalue weighted by Crippen LogP contribution is 2.31. The van der Waals surface area contributed by atoms with E-state index in [2.05, 4.69) is 4.98 Å². The van der Waals surface area contributed by atoms with Gasteiger partial charge in [0.25, 0.3) is 4.96 Å². The third-order valence-corrected chi connectivity index (χ3v) is 3.35. The monoisotopic (exact) mass is 284 g/mol. The third-order valence-electron chi connectivity index (χ3n) is 2.59. The van der Waals surface area contributed by atoms with E-state index in [0.717, 1.165) is 0 Å². The zero-order valence-corrected chi connectivity index (χ0v) is 11.1. The highest BCUT2D eigenvalue weighted by molar-refractivity contribution is 7.15. The summed E-state index contributed by atoms with van der Waals surface area (Å²) >= 11 is 1.26. The molecule has 19 heavy (non-hydrogen) atoms. The number of carboxylic acid groups (broad SMARTS) is 1. The molecule has 9 heteroatoms. The van der Waals surface area contributed by atoms with Crippen LogP contribution in [0, 0.1) is 10.1 Å². The number of hydrogen-bond acceptors (Lipinski definition) is 6. The predicted octanol–water partition coefficient (Wildman–Crippen LogP) is 1.60. The van der Waals surface area contributed by atoms with Crippen LogP contribution >= 0.6 is 11.3 Å². The average Bonchev–Trinajstić information content (AvgIpc) is 2.83. The number of aromatic nitrogens is 2. The van der Waals surface area contributed by atoms with Crippen molar-refractivity contribution < 1.29 is 14.8 Å². The summed E-state index contributed by atoms with van der Waals surface area (Å²) in [5.41, 5.74) is 0. The molecule has 0 fully saturated rings. The number of thiazole rings is 1. The molecule has 0 unspecified atom stereocenters. The molecule has 0 radical (unpaired) electrons. The molecular weight excluding hydrogens is 272 g/mol. The summed E-state index contributed by atoms with van der Waals surface area (Å²) in [6, 6.07) is -0.209. The molecule has 2 heterocycles. The number of nitro groups is 1. The number of rotatable bonds is 5. The molecule has 0 bridgehead atoms. The van der Waals surface area contributed by atoms with Gasteiger partial charge < -0.3 is 20.1 Å². The van der Waals surface area contributed by atoms with E-state index in [-0.39, 0.29) is 24.2 Å². The van der Waals surface area contributed by atoms with E-state index in [0.29, 0.717) is 4.96 Å². The Labute approximate surface area is 112 Å². The van der Waals surface area contributed by atoms with Gasteiger partial charge in [0.2, 0.25) is 5.82 Å². The van der Waals surface area contributed by atoms with Crippen molar-refractivity contribution in [1.82, 2.24) is 9.38 Å². The van der Waals surface area contributed by atoms with Gasteiger partial charge in [-0.05, 0) is 18.8 Å². The van der Waals surface area contributed by atoms with Crippen LogP contribution in [0.5, 0.6) is 0 Å². The number of carboxylic acids is 1. The van der Waals surface area contributed by atoms with Gasteiger partial charge in [-0.3, -0.25) is 4.79 Å². The minimum absolute atomic E-state index is 0.0919. The molecule has 0 aliphatic rings. The van der Waals surface area contributed by atoms with Crippen LogP contribution in [0.15, 0.2) is 11.6 Å². The second-order valence-electron chi connectivity index (χ2n) is 4.19. The summed E-state index contributed by atoms with van der Waals surface area (Å²) in [5, 5.41) is 21.8. The van der Waals surface area contributed by atoms with E-state index in [9.17, 15) is 14.9 Å². The van der Waals surface area contributed by atoms with E-state index >= 15 is 0 Å². The Kier molecular flexibility index (Phi) is 3.38. The molecule has 0 saturated heterocycles. The van der Waals surface area contributed by atoms with Crippen LogP contribution in [-0.4, -0.2) is 38.0 Å². The molecular formula is C10H12N4O4S. The Morgan fingerprint density at radius 1 is 1.68 bits per heavy atom. The van der Waals surface area contributed by atoms with Crippen molar-refractivity contribution in [2.45, 2.75) is 19.9 Å². The number of aliphatic carboxylic acids is 1. The fourth-order valence-electron chi connectivity index (χ4n) is 1.77. The lowest BCUT2D eigenvalue weighted by Crippen LogP contribution is -2.36. The maximum Gasteiger partial charge on any atom is 0.373 e. The van der Waals surface area contributed by atoms with Crippen LogP contribution in [-0.2, 0) is 4.79 Å². The minimum atomic E-state index is -1.06. The van der Waals surface area contributed by atoms with Crippen LogP contribution < -0.4 is 4.90 Å². The molecule has 2 rings (SSSR count). The van der Waals surface area contributed by atoms with Crippen molar-refractivity contribution in [2.24, 2.45) is 0 Å². The standard InChI is InChI=1S/C10H12N4O4S/c1-6(2)13(5-7(15)16)8-9(14(17)18)12-3-4-19-10(12)11-8/h3-4,6H,5H2,1-2H3,(H,15,16). The van der Waals surface area contributed by atoms with E-state index in [1.165, 1.54) is 20.6 Å². The molecule has 2 aromatic heterocycles. The number of anilines is 1. The summed E-state index contributed by atoms with van der Waals surface area (Å²) < 4.78 is 1.36. The number of imidazole rings is 1. The second-order valence-corrected chi connectivity index (χ2v) is 5.06. The molecule has 0 aliphatic carbocycles. The van der Waals surface area contributed by atoms with Gasteiger partial charge in [0, 0.05) is 11.4 Å². The highest BCUT2D eigenvalue weighted by atomic mass is 32.1. The van der Waals surface area contributed by atoms with Crippen molar-refractivity contribution >= 4 is 33.9 Å². The smallest absolute Gasteiger partial charge is 0.373 e. The largest absolute Gasteiger partial charge is 0.480 e. The lowest BCUT2D eigenvalue weighted by atomic mass is 10.3. The summed E-state index contributed by atoms with van der Waals surface area (Å²) in [6.07, 6.45) is 1.55. The Balaban J connectivity index is 2.58. The molecule has 0 atom stereocenters. The lowest BCUT2D eigenvalue weighted by molar-refractivity contribution is -0.389. The first-order valence-electron chi connectivity index (χ1n) is 5.50. The maximum absolute atomic E-state index is 11.2. The summed E-state index contributed by atoms with van der Waals surface area (Å²) in [7, 11) is 0. The van der Waals surface area contributed by atoms with Crippen molar-refractivity contribution in [2.75, 3.05) is 11.4 Å². The van der Waals surface area contributed by atoms with E-state index in [1.807, 2.05) is 0 Å². The number of fused-ring (bicyclic) bond motifs is 1. The van der Waals surface area contributed by atoms with Crippen LogP contribution in [0.4, 0.5) is 11.6 Å². The number of carbonyl (C=O) groups is 1. The lowest BCUT2D eigenvalue weighted by Gasteiger charge is -2.23. The Bertz CT molecular complexity index is 633. The molecule has 0 saturated carbocycles. The van der Waals surface area contributed by atoms with Crippen LogP contribution in [0.1, 0.15) is 13.8 Å². The summed E-state index contributed by atoms with van der Waals surface area (Å²) in [6.45, 7) is 3.20. The van der Waals surface area contributed by atoms with Gasteiger partial charge in [-0.15, -0.1) is 0 Å². The molecule has 8 nitrogen and oxygen atoms in total. The Morgan fingerprint density at radius 3 is 2.89 bits per heavy atom. The van der Waals surface area contributed by atoms with Gasteiger partial charge in [0.05, 0.1) is 0 Å². The SMILES string of the molecule is CC(C)N(CC(=O)O)c1nc2sccn2c1[N+](=O)[O-]. The Morgan fingerprint density at radius 2 is 2.37 bits per heavy atom. The van der Waals surface area contributed by atoms with Gasteiger partial charge in [0.1, 0.15) is 12.7 Å². The highest BCUT2D eigenvalue weighted by Gasteiger charge is 2.30. The summed E-state index contributed by atoms with van der Waals surface area (Å²) in [5.74, 6) is -1.17. The van der Waals surface area contributed by atoms with Gasteiger partial charge in [-0.1, -0.05) is 11.3 Å². The predicted molar refractivity (Wildman–Crippen MR) is 69.8 cm³/mol. The molecule has 0 aliphatic heterocycles. The first-order chi connectivity index (χ1) is 8.91. The first-order valence-corrected chi connectivity index (χ1v) is 6.38. The van der Waals surface area contributed by atoms with Crippen LogP contribution in [0.3, 0.4) is 0 Å². The van der Waals surface area contributed by atoms with Crippen molar-refractivity contribution in [3.8, 4) is 0 Å². The molecule has 0 aromatic carbocycles. The van der Waals surface area contributed by atoms with Gasteiger partial charge in [0.15, 0.2) is 0 Å². The fourth-order valence-corrected chi connectivity index (χ4v) is 2.48. The normalized spacial score (nSPS) is 11.1. The fraction of sp³-hybridized carbons (Fsp3) is 0.400. The zero-order chi connectivity index (χ0) is 14.2. The van der Waals surface area contributed by atoms with E-state index in [1.54, 1.807) is 25.4 Å². The molecule has 2 aromatic rings. The third kappa shape index (κ3) is 2.36. The molecule has 1 N–H and O–H groups in total. The maximum atomic E-state index is 11.2. The van der Waals surface area contributed by atoms with Crippen molar-refractivity contribution in [3.63, 3.8) is 0 Å². The topological polar surface area (TPSA) is 101 Å².